The summed E-state index contributed by atoms with van der Waals surface area (Å²) in [5, 5.41) is 1.28. The molecule has 0 saturated carbocycles. The van der Waals surface area contributed by atoms with E-state index in [4.69, 9.17) is 9.47 Å². The Hall–Kier alpha value is -3.67. The van der Waals surface area contributed by atoms with E-state index < -0.39 is 17.8 Å². The van der Waals surface area contributed by atoms with Gasteiger partial charge in [-0.2, -0.15) is 0 Å². The first-order chi connectivity index (χ1) is 16.8. The lowest BCUT2D eigenvalue weighted by Gasteiger charge is -2.29. The SMILES string of the molecule is CC(=O)OCCN1C(=O)c2cccc3c(Oc4ccc(C(C)(C)C)cc4C(C)(C)C)ccc(c23)C1=O. The molecule has 3 aromatic carbocycles. The van der Waals surface area contributed by atoms with Crippen molar-refractivity contribution in [2.75, 3.05) is 13.2 Å². The fourth-order valence-corrected chi connectivity index (χ4v) is 4.48. The van der Waals surface area contributed by atoms with Gasteiger partial charge < -0.3 is 9.47 Å². The molecule has 1 aliphatic rings. The third kappa shape index (κ3) is 4.72. The Morgan fingerprint density at radius 2 is 1.47 bits per heavy atom. The Balaban J connectivity index is 1.77. The minimum absolute atomic E-state index is 0.000391. The number of hydrogen-bond donors (Lipinski definition) is 0. The number of amides is 2. The average Bonchev–Trinajstić information content (AvgIpc) is 2.79. The maximum Gasteiger partial charge on any atom is 0.302 e. The molecular weight excluding hydrogens is 454 g/mol. The second-order valence-corrected chi connectivity index (χ2v) is 11.3. The van der Waals surface area contributed by atoms with E-state index in [0.29, 0.717) is 27.6 Å². The van der Waals surface area contributed by atoms with Crippen molar-refractivity contribution in [1.29, 1.82) is 0 Å². The fraction of sp³-hybridized carbons (Fsp3) is 0.367. The summed E-state index contributed by atoms with van der Waals surface area (Å²) in [5.74, 6) is 0.0484. The fourth-order valence-electron chi connectivity index (χ4n) is 4.48. The van der Waals surface area contributed by atoms with E-state index in [9.17, 15) is 14.4 Å². The normalized spacial score (nSPS) is 13.8. The van der Waals surface area contributed by atoms with Gasteiger partial charge in [0.15, 0.2) is 0 Å². The number of carbonyl (C=O) groups excluding carboxylic acids is 3. The van der Waals surface area contributed by atoms with Crippen molar-refractivity contribution in [3.05, 3.63) is 70.8 Å². The van der Waals surface area contributed by atoms with Crippen molar-refractivity contribution in [3.8, 4) is 11.5 Å². The number of ether oxygens (including phenoxy) is 2. The van der Waals surface area contributed by atoms with Crippen molar-refractivity contribution in [2.45, 2.75) is 59.3 Å². The number of nitrogens with zero attached hydrogens (tertiary/aromatic N) is 1. The zero-order valence-corrected chi connectivity index (χ0v) is 22.0. The summed E-state index contributed by atoms with van der Waals surface area (Å²) >= 11 is 0. The van der Waals surface area contributed by atoms with Crippen LogP contribution in [0.2, 0.25) is 0 Å². The molecule has 4 rings (SSSR count). The van der Waals surface area contributed by atoms with Crippen LogP contribution in [0.3, 0.4) is 0 Å². The standard InChI is InChI=1S/C30H33NO5/c1-18(32)35-16-15-31-27(33)21-10-8-9-20-24(14-12-22(26(20)21)28(31)34)36-25-13-11-19(29(2,3)4)17-23(25)30(5,6)7/h8-14,17H,15-16H2,1-7H3. The van der Waals surface area contributed by atoms with Crippen LogP contribution in [0.15, 0.2) is 48.5 Å². The first-order valence-corrected chi connectivity index (χ1v) is 12.2. The maximum absolute atomic E-state index is 13.2. The van der Waals surface area contributed by atoms with Gasteiger partial charge in [-0.25, -0.2) is 0 Å². The zero-order valence-electron chi connectivity index (χ0n) is 22.0. The summed E-state index contributed by atoms with van der Waals surface area (Å²) in [6.45, 7) is 14.3. The quantitative estimate of drug-likeness (QED) is 0.308. The van der Waals surface area contributed by atoms with Gasteiger partial charge in [-0.1, -0.05) is 65.8 Å². The van der Waals surface area contributed by atoms with Crippen LogP contribution in [0.25, 0.3) is 10.8 Å². The van der Waals surface area contributed by atoms with E-state index in [1.54, 1.807) is 24.3 Å². The first-order valence-electron chi connectivity index (χ1n) is 12.2. The Morgan fingerprint density at radius 1 is 0.833 bits per heavy atom. The number of benzene rings is 3. The first kappa shape index (κ1) is 25.4. The molecule has 6 heteroatoms. The minimum atomic E-state index is -0.457. The van der Waals surface area contributed by atoms with E-state index in [1.807, 2.05) is 12.1 Å². The van der Waals surface area contributed by atoms with Crippen molar-refractivity contribution in [2.24, 2.45) is 0 Å². The summed E-state index contributed by atoms with van der Waals surface area (Å²) in [4.78, 5) is 38.6. The van der Waals surface area contributed by atoms with Crippen LogP contribution in [0.1, 0.15) is 80.3 Å². The number of hydrogen-bond acceptors (Lipinski definition) is 5. The van der Waals surface area contributed by atoms with Gasteiger partial charge in [-0.15, -0.1) is 0 Å². The third-order valence-corrected chi connectivity index (χ3v) is 6.45. The van der Waals surface area contributed by atoms with Crippen molar-refractivity contribution >= 4 is 28.6 Å². The highest BCUT2D eigenvalue weighted by molar-refractivity contribution is 6.26. The average molecular weight is 488 g/mol. The second kappa shape index (κ2) is 9.08. The molecule has 0 bridgehead atoms. The van der Waals surface area contributed by atoms with Crippen LogP contribution in [-0.4, -0.2) is 35.8 Å². The molecule has 1 heterocycles. The second-order valence-electron chi connectivity index (χ2n) is 11.3. The molecule has 0 unspecified atom stereocenters. The molecule has 188 valence electrons. The lowest BCUT2D eigenvalue weighted by Crippen LogP contribution is -2.42. The Kier molecular flexibility index (Phi) is 6.41. The van der Waals surface area contributed by atoms with Crippen molar-refractivity contribution in [1.82, 2.24) is 4.90 Å². The van der Waals surface area contributed by atoms with Crippen LogP contribution < -0.4 is 4.74 Å². The third-order valence-electron chi connectivity index (χ3n) is 6.45. The van der Waals surface area contributed by atoms with Crippen molar-refractivity contribution in [3.63, 3.8) is 0 Å². The van der Waals surface area contributed by atoms with E-state index >= 15 is 0 Å². The topological polar surface area (TPSA) is 72.9 Å². The highest BCUT2D eigenvalue weighted by Crippen LogP contribution is 2.41. The predicted octanol–water partition coefficient (Wildman–Crippen LogP) is 6.39. The van der Waals surface area contributed by atoms with Gasteiger partial charge in [0.25, 0.3) is 11.8 Å². The van der Waals surface area contributed by atoms with E-state index in [0.717, 1.165) is 16.2 Å². The summed E-state index contributed by atoms with van der Waals surface area (Å²) in [5.41, 5.74) is 3.00. The van der Waals surface area contributed by atoms with Crippen LogP contribution in [0.5, 0.6) is 11.5 Å². The summed E-state index contributed by atoms with van der Waals surface area (Å²) in [7, 11) is 0. The van der Waals surface area contributed by atoms with Gasteiger partial charge in [0, 0.05) is 34.4 Å². The molecule has 36 heavy (non-hydrogen) atoms. The highest BCUT2D eigenvalue weighted by atomic mass is 16.5. The van der Waals surface area contributed by atoms with E-state index in [1.165, 1.54) is 12.5 Å². The molecule has 0 fully saturated rings. The van der Waals surface area contributed by atoms with Gasteiger partial charge in [0.1, 0.15) is 18.1 Å². The molecule has 3 aromatic rings. The van der Waals surface area contributed by atoms with Crippen LogP contribution in [0.4, 0.5) is 0 Å². The van der Waals surface area contributed by atoms with Crippen LogP contribution >= 0.6 is 0 Å². The van der Waals surface area contributed by atoms with Crippen LogP contribution in [-0.2, 0) is 20.4 Å². The molecule has 0 spiro atoms. The van der Waals surface area contributed by atoms with E-state index in [-0.39, 0.29) is 24.0 Å². The molecule has 6 nitrogen and oxygen atoms in total. The highest BCUT2D eigenvalue weighted by Gasteiger charge is 2.33. The Labute approximate surface area is 212 Å². The van der Waals surface area contributed by atoms with Gasteiger partial charge in [0.2, 0.25) is 0 Å². The minimum Gasteiger partial charge on any atom is -0.464 e. The van der Waals surface area contributed by atoms with Gasteiger partial charge >= 0.3 is 5.97 Å². The Morgan fingerprint density at radius 3 is 2.08 bits per heavy atom. The molecular formula is C30H33NO5. The summed E-state index contributed by atoms with van der Waals surface area (Å²) in [6, 6.07) is 15.1. The number of rotatable bonds is 5. The summed E-state index contributed by atoms with van der Waals surface area (Å²) < 4.78 is 11.4. The lowest BCUT2D eigenvalue weighted by molar-refractivity contribution is -0.141. The number of esters is 1. The molecule has 0 atom stereocenters. The Bertz CT molecular complexity index is 1350. The lowest BCUT2D eigenvalue weighted by atomic mass is 9.80. The van der Waals surface area contributed by atoms with E-state index in [2.05, 4.69) is 53.7 Å². The van der Waals surface area contributed by atoms with Crippen molar-refractivity contribution < 1.29 is 23.9 Å². The summed E-state index contributed by atoms with van der Waals surface area (Å²) in [6.07, 6.45) is 0. The molecule has 1 aliphatic heterocycles. The molecule has 0 radical (unpaired) electrons. The number of carbonyl (C=O) groups is 3. The number of imide groups is 1. The largest absolute Gasteiger partial charge is 0.464 e. The molecule has 2 amide bonds. The zero-order chi connectivity index (χ0) is 26.4. The molecule has 0 saturated heterocycles. The molecule has 0 N–H and O–H groups in total. The van der Waals surface area contributed by atoms with Crippen LogP contribution in [0, 0.1) is 0 Å². The smallest absolute Gasteiger partial charge is 0.302 e. The van der Waals surface area contributed by atoms with Gasteiger partial charge in [0.05, 0.1) is 6.54 Å². The van der Waals surface area contributed by atoms with Gasteiger partial charge in [-0.05, 0) is 40.7 Å². The molecule has 0 aliphatic carbocycles. The van der Waals surface area contributed by atoms with Gasteiger partial charge in [-0.3, -0.25) is 19.3 Å². The maximum atomic E-state index is 13.2. The predicted molar refractivity (Wildman–Crippen MR) is 140 cm³/mol. The monoisotopic (exact) mass is 487 g/mol. The molecule has 0 aromatic heterocycles.